The molecule has 0 aromatic carbocycles. The van der Waals surface area contributed by atoms with Crippen molar-refractivity contribution in [1.82, 2.24) is 0 Å². The van der Waals surface area contributed by atoms with Gasteiger partial charge in [0.1, 0.15) is 12.2 Å². The van der Waals surface area contributed by atoms with Crippen LogP contribution >= 0.6 is 0 Å². The number of carbonyl (C=O) groups excluding carboxylic acids is 1. The van der Waals surface area contributed by atoms with Crippen molar-refractivity contribution in [3.63, 3.8) is 0 Å². The molecule has 0 spiro atoms. The van der Waals surface area contributed by atoms with E-state index in [2.05, 4.69) is 0 Å². The zero-order valence-corrected chi connectivity index (χ0v) is 8.69. The first-order valence-corrected chi connectivity index (χ1v) is 5.79. The van der Waals surface area contributed by atoms with E-state index >= 15 is 0 Å². The number of carbonyl (C=O) groups is 1. The monoisotopic (exact) mass is 212 g/mol. The van der Waals surface area contributed by atoms with Crippen LogP contribution in [0.15, 0.2) is 0 Å². The highest BCUT2D eigenvalue weighted by molar-refractivity contribution is 5.72. The van der Waals surface area contributed by atoms with Gasteiger partial charge in [-0.15, -0.1) is 0 Å². The van der Waals surface area contributed by atoms with Gasteiger partial charge in [-0.3, -0.25) is 4.79 Å². The molecule has 4 nitrogen and oxygen atoms in total. The molecule has 3 rings (SSSR count). The average molecular weight is 212 g/mol. The van der Waals surface area contributed by atoms with E-state index in [9.17, 15) is 4.79 Å². The van der Waals surface area contributed by atoms with Crippen LogP contribution in [-0.4, -0.2) is 37.0 Å². The highest BCUT2D eigenvalue weighted by atomic mass is 16.6. The van der Waals surface area contributed by atoms with E-state index < -0.39 is 0 Å². The van der Waals surface area contributed by atoms with Crippen molar-refractivity contribution < 1.29 is 19.0 Å². The van der Waals surface area contributed by atoms with Crippen LogP contribution in [0.5, 0.6) is 0 Å². The summed E-state index contributed by atoms with van der Waals surface area (Å²) < 4.78 is 16.9. The lowest BCUT2D eigenvalue weighted by Crippen LogP contribution is -2.37. The third kappa shape index (κ3) is 1.76. The lowest BCUT2D eigenvalue weighted by molar-refractivity contribution is -0.142. The Kier molecular flexibility index (Phi) is 2.41. The first-order chi connectivity index (χ1) is 7.33. The van der Waals surface area contributed by atoms with E-state index in [0.29, 0.717) is 6.42 Å². The van der Waals surface area contributed by atoms with Gasteiger partial charge in [0, 0.05) is 6.61 Å². The maximum absolute atomic E-state index is 11.1. The van der Waals surface area contributed by atoms with E-state index in [0.717, 1.165) is 32.3 Å². The minimum absolute atomic E-state index is 0.0193. The minimum Gasteiger partial charge on any atom is -0.460 e. The van der Waals surface area contributed by atoms with Crippen molar-refractivity contribution >= 4 is 5.97 Å². The van der Waals surface area contributed by atoms with Crippen LogP contribution in [0.4, 0.5) is 0 Å². The topological polar surface area (TPSA) is 44.8 Å². The Morgan fingerprint density at radius 3 is 2.80 bits per heavy atom. The first-order valence-electron chi connectivity index (χ1n) is 5.79. The summed E-state index contributed by atoms with van der Waals surface area (Å²) in [6.07, 6.45) is 4.76. The van der Waals surface area contributed by atoms with Gasteiger partial charge in [-0.25, -0.2) is 0 Å². The van der Waals surface area contributed by atoms with Gasteiger partial charge in [0.2, 0.25) is 0 Å². The number of hydrogen-bond acceptors (Lipinski definition) is 4. The predicted molar refractivity (Wildman–Crippen MR) is 51.4 cm³/mol. The largest absolute Gasteiger partial charge is 0.460 e. The molecule has 0 aromatic rings. The molecule has 0 bridgehead atoms. The van der Waals surface area contributed by atoms with Crippen LogP contribution in [0, 0.1) is 0 Å². The molecular weight excluding hydrogens is 196 g/mol. The van der Waals surface area contributed by atoms with Crippen molar-refractivity contribution in [1.29, 1.82) is 0 Å². The van der Waals surface area contributed by atoms with Crippen LogP contribution in [0.3, 0.4) is 0 Å². The van der Waals surface area contributed by atoms with E-state index in [-0.39, 0.29) is 30.4 Å². The lowest BCUT2D eigenvalue weighted by atomic mass is 10.0. The molecule has 15 heavy (non-hydrogen) atoms. The molecule has 0 unspecified atom stereocenters. The summed E-state index contributed by atoms with van der Waals surface area (Å²) in [6, 6.07) is 0. The summed E-state index contributed by atoms with van der Waals surface area (Å²) in [5.41, 5.74) is 0. The molecule has 0 radical (unpaired) electrons. The van der Waals surface area contributed by atoms with Crippen molar-refractivity contribution in [3.05, 3.63) is 0 Å². The maximum Gasteiger partial charge on any atom is 0.308 e. The smallest absolute Gasteiger partial charge is 0.308 e. The van der Waals surface area contributed by atoms with Crippen molar-refractivity contribution in [2.24, 2.45) is 0 Å². The van der Waals surface area contributed by atoms with Crippen LogP contribution in [0.2, 0.25) is 0 Å². The molecule has 84 valence electrons. The maximum atomic E-state index is 11.1. The molecule has 3 saturated heterocycles. The molecule has 3 fully saturated rings. The minimum atomic E-state index is -0.111. The molecule has 0 saturated carbocycles. The van der Waals surface area contributed by atoms with Crippen molar-refractivity contribution in [2.45, 2.75) is 56.5 Å². The van der Waals surface area contributed by atoms with Crippen molar-refractivity contribution in [2.75, 3.05) is 6.61 Å². The summed E-state index contributed by atoms with van der Waals surface area (Å²) in [6.45, 7) is 0.847. The first kappa shape index (κ1) is 9.60. The fraction of sp³-hybridized carbons (Fsp3) is 0.909. The SMILES string of the molecule is O=C1C[C@H]2O[C@H]3CCCO[C@@H]3CC[C@@H]2O1. The molecule has 0 amide bonds. The van der Waals surface area contributed by atoms with Gasteiger partial charge in [0.05, 0.1) is 18.6 Å². The average Bonchev–Trinajstić information content (AvgIpc) is 2.49. The Labute approximate surface area is 88.9 Å². The van der Waals surface area contributed by atoms with E-state index in [4.69, 9.17) is 14.2 Å². The van der Waals surface area contributed by atoms with E-state index in [1.54, 1.807) is 0 Å². The molecule has 0 aliphatic carbocycles. The number of rotatable bonds is 0. The Morgan fingerprint density at radius 1 is 1.00 bits per heavy atom. The molecule has 3 heterocycles. The van der Waals surface area contributed by atoms with Gasteiger partial charge >= 0.3 is 5.97 Å². The second-order valence-corrected chi connectivity index (χ2v) is 4.57. The summed E-state index contributed by atoms with van der Waals surface area (Å²) in [5.74, 6) is -0.111. The number of esters is 1. The van der Waals surface area contributed by atoms with Gasteiger partial charge in [-0.1, -0.05) is 0 Å². The normalized spacial score (nSPS) is 45.2. The summed E-state index contributed by atoms with van der Waals surface area (Å²) in [7, 11) is 0. The second-order valence-electron chi connectivity index (χ2n) is 4.57. The van der Waals surface area contributed by atoms with Gasteiger partial charge in [-0.2, -0.15) is 0 Å². The van der Waals surface area contributed by atoms with Gasteiger partial charge in [-0.05, 0) is 25.7 Å². The highest BCUT2D eigenvalue weighted by Gasteiger charge is 2.42. The standard InChI is InChI=1S/C11H16O4/c12-11-6-10-9(15-11)4-3-7-8(14-10)2-1-5-13-7/h7-10H,1-6H2/t7-,8+,9+,10-/m1/s1. The van der Waals surface area contributed by atoms with Gasteiger partial charge in [0.15, 0.2) is 0 Å². The molecule has 3 aliphatic rings. The zero-order valence-electron chi connectivity index (χ0n) is 8.69. The second kappa shape index (κ2) is 3.76. The number of hydrogen-bond donors (Lipinski definition) is 0. The van der Waals surface area contributed by atoms with E-state index in [1.165, 1.54) is 0 Å². The van der Waals surface area contributed by atoms with Crippen LogP contribution in [-0.2, 0) is 19.0 Å². The Bertz CT molecular complexity index is 265. The summed E-state index contributed by atoms with van der Waals surface area (Å²) in [5, 5.41) is 0. The van der Waals surface area contributed by atoms with Gasteiger partial charge in [0.25, 0.3) is 0 Å². The number of fused-ring (bicyclic) bond motifs is 2. The molecule has 0 aromatic heterocycles. The van der Waals surface area contributed by atoms with Crippen molar-refractivity contribution in [3.8, 4) is 0 Å². The quantitative estimate of drug-likeness (QED) is 0.562. The number of ether oxygens (including phenoxy) is 3. The lowest BCUT2D eigenvalue weighted by Gasteiger charge is -2.30. The van der Waals surface area contributed by atoms with E-state index in [1.807, 2.05) is 0 Å². The highest BCUT2D eigenvalue weighted by Crippen LogP contribution is 2.33. The predicted octanol–water partition coefficient (Wildman–Crippen LogP) is 1.03. The molecule has 4 heteroatoms. The van der Waals surface area contributed by atoms with Crippen LogP contribution in [0.1, 0.15) is 32.1 Å². The Balaban J connectivity index is 1.72. The molecule has 4 atom stereocenters. The van der Waals surface area contributed by atoms with Gasteiger partial charge < -0.3 is 14.2 Å². The zero-order chi connectivity index (χ0) is 10.3. The fourth-order valence-corrected chi connectivity index (χ4v) is 2.76. The Hall–Kier alpha value is -0.610. The summed E-state index contributed by atoms with van der Waals surface area (Å²) >= 11 is 0. The third-order valence-electron chi connectivity index (χ3n) is 3.53. The third-order valence-corrected chi connectivity index (χ3v) is 3.53. The Morgan fingerprint density at radius 2 is 1.87 bits per heavy atom. The molecular formula is C11H16O4. The van der Waals surface area contributed by atoms with Crippen LogP contribution < -0.4 is 0 Å². The molecule has 0 N–H and O–H groups in total. The van der Waals surface area contributed by atoms with Crippen LogP contribution in [0.25, 0.3) is 0 Å². The fourth-order valence-electron chi connectivity index (χ4n) is 2.76. The summed E-state index contributed by atoms with van der Waals surface area (Å²) in [4.78, 5) is 11.1. The molecule has 3 aliphatic heterocycles.